The van der Waals surface area contributed by atoms with Crippen molar-refractivity contribution >= 4 is 15.8 Å². The van der Waals surface area contributed by atoms with Crippen LogP contribution in [0.15, 0.2) is 23.1 Å². The average molecular weight is 288 g/mol. The minimum Gasteiger partial charge on any atom is -0.478 e. The molecule has 0 bridgehead atoms. The van der Waals surface area contributed by atoms with Gasteiger partial charge in [-0.1, -0.05) is 13.8 Å². The summed E-state index contributed by atoms with van der Waals surface area (Å²) < 4.78 is 37.5. The van der Waals surface area contributed by atoms with E-state index in [1.165, 1.54) is 0 Å². The topological polar surface area (TPSA) is 71.4 Å². The lowest BCUT2D eigenvalue weighted by atomic mass is 10.1. The lowest BCUT2D eigenvalue weighted by molar-refractivity contribution is 0.0696. The molecule has 4 nitrogen and oxygen atoms in total. The van der Waals surface area contributed by atoms with Gasteiger partial charge >= 0.3 is 5.97 Å². The minimum absolute atomic E-state index is 0.175. The zero-order valence-electron chi connectivity index (χ0n) is 10.9. The third-order valence-corrected chi connectivity index (χ3v) is 4.52. The molecular formula is C13H17FO4S. The molecule has 0 aliphatic heterocycles. The second-order valence-corrected chi connectivity index (χ2v) is 6.88. The number of carboxylic acid groups (broad SMARTS) is 1. The summed E-state index contributed by atoms with van der Waals surface area (Å²) in [5, 5.41) is 8.80. The van der Waals surface area contributed by atoms with E-state index < -0.39 is 26.5 Å². The van der Waals surface area contributed by atoms with E-state index in [1.807, 2.05) is 13.8 Å². The summed E-state index contributed by atoms with van der Waals surface area (Å²) in [6, 6.07) is 2.80. The molecule has 1 aromatic rings. The Hall–Kier alpha value is -1.43. The van der Waals surface area contributed by atoms with Gasteiger partial charge in [0, 0.05) is 0 Å². The Morgan fingerprint density at radius 1 is 1.37 bits per heavy atom. The van der Waals surface area contributed by atoms with E-state index in [2.05, 4.69) is 0 Å². The molecule has 0 heterocycles. The van der Waals surface area contributed by atoms with E-state index in [-0.39, 0.29) is 11.3 Å². The minimum atomic E-state index is -3.78. The predicted octanol–water partition coefficient (Wildman–Crippen LogP) is 2.73. The van der Waals surface area contributed by atoms with Crippen LogP contribution in [0.3, 0.4) is 0 Å². The smallest absolute Gasteiger partial charge is 0.335 e. The van der Waals surface area contributed by atoms with Gasteiger partial charge in [0.25, 0.3) is 0 Å². The predicted molar refractivity (Wildman–Crippen MR) is 69.5 cm³/mol. The number of aromatic carboxylic acids is 1. The third-order valence-electron chi connectivity index (χ3n) is 2.71. The highest BCUT2D eigenvalue weighted by molar-refractivity contribution is 7.91. The second-order valence-electron chi connectivity index (χ2n) is 4.81. The first kappa shape index (κ1) is 15.6. The van der Waals surface area contributed by atoms with Gasteiger partial charge in [0.15, 0.2) is 9.84 Å². The monoisotopic (exact) mass is 288 g/mol. The Kier molecular flexibility index (Phi) is 5.05. The molecule has 106 valence electrons. The molecule has 0 fully saturated rings. The number of rotatable bonds is 6. The summed E-state index contributed by atoms with van der Waals surface area (Å²) in [5.74, 6) is -2.00. The molecule has 1 rings (SSSR count). The van der Waals surface area contributed by atoms with Gasteiger partial charge in [-0.2, -0.15) is 0 Å². The van der Waals surface area contributed by atoms with E-state index in [0.717, 1.165) is 24.6 Å². The Bertz CT molecular complexity index is 564. The standard InChI is InChI=1S/C13H17FO4S/c1-9(2)4-3-7-19(17,18)12-8-10(13(15)16)5-6-11(12)14/h5-6,8-9H,3-4,7H2,1-2H3,(H,15,16). The number of hydrogen-bond acceptors (Lipinski definition) is 3. The number of hydrogen-bond donors (Lipinski definition) is 1. The molecule has 0 saturated carbocycles. The van der Waals surface area contributed by atoms with Crippen LogP contribution in [0.4, 0.5) is 4.39 Å². The summed E-state index contributed by atoms with van der Waals surface area (Å²) in [5.41, 5.74) is -0.233. The van der Waals surface area contributed by atoms with Crippen LogP contribution in [0.1, 0.15) is 37.0 Å². The molecule has 0 atom stereocenters. The highest BCUT2D eigenvalue weighted by Gasteiger charge is 2.21. The Morgan fingerprint density at radius 3 is 2.53 bits per heavy atom. The first-order valence-electron chi connectivity index (χ1n) is 5.99. The lowest BCUT2D eigenvalue weighted by Gasteiger charge is -2.08. The first-order valence-corrected chi connectivity index (χ1v) is 7.65. The molecule has 0 aromatic heterocycles. The SMILES string of the molecule is CC(C)CCCS(=O)(=O)c1cc(C(=O)O)ccc1F. The van der Waals surface area contributed by atoms with Crippen LogP contribution >= 0.6 is 0 Å². The van der Waals surface area contributed by atoms with Crippen molar-refractivity contribution in [2.45, 2.75) is 31.6 Å². The maximum atomic E-state index is 13.5. The fourth-order valence-electron chi connectivity index (χ4n) is 1.67. The van der Waals surface area contributed by atoms with E-state index in [4.69, 9.17) is 5.11 Å². The zero-order valence-corrected chi connectivity index (χ0v) is 11.7. The van der Waals surface area contributed by atoms with Gasteiger partial charge in [-0.25, -0.2) is 17.6 Å². The maximum Gasteiger partial charge on any atom is 0.335 e. The van der Waals surface area contributed by atoms with E-state index in [1.54, 1.807) is 0 Å². The van der Waals surface area contributed by atoms with Crippen molar-refractivity contribution in [3.8, 4) is 0 Å². The summed E-state index contributed by atoms with van der Waals surface area (Å²) in [4.78, 5) is 10.2. The highest BCUT2D eigenvalue weighted by atomic mass is 32.2. The molecule has 0 radical (unpaired) electrons. The van der Waals surface area contributed by atoms with Crippen molar-refractivity contribution in [3.05, 3.63) is 29.6 Å². The molecule has 1 aromatic carbocycles. The number of benzene rings is 1. The molecular weight excluding hydrogens is 271 g/mol. The van der Waals surface area contributed by atoms with Crippen LogP contribution in [0.5, 0.6) is 0 Å². The molecule has 0 spiro atoms. The van der Waals surface area contributed by atoms with Crippen LogP contribution in [0, 0.1) is 11.7 Å². The number of halogens is 1. The normalized spacial score (nSPS) is 11.8. The third kappa shape index (κ3) is 4.31. The Labute approximate surface area is 112 Å². The molecule has 0 aliphatic rings. The van der Waals surface area contributed by atoms with Gasteiger partial charge in [0.1, 0.15) is 10.7 Å². The maximum absolute atomic E-state index is 13.5. The number of carbonyl (C=O) groups is 1. The molecule has 0 saturated heterocycles. The average Bonchev–Trinajstić information content (AvgIpc) is 2.28. The fraction of sp³-hybridized carbons (Fsp3) is 0.462. The van der Waals surface area contributed by atoms with Crippen molar-refractivity contribution in [1.82, 2.24) is 0 Å². The van der Waals surface area contributed by atoms with Crippen LogP contribution < -0.4 is 0 Å². The number of carboxylic acids is 1. The van der Waals surface area contributed by atoms with Gasteiger partial charge in [-0.05, 0) is 37.0 Å². The van der Waals surface area contributed by atoms with E-state index >= 15 is 0 Å². The van der Waals surface area contributed by atoms with Crippen LogP contribution in [-0.2, 0) is 9.84 Å². The van der Waals surface area contributed by atoms with Crippen molar-refractivity contribution in [3.63, 3.8) is 0 Å². The van der Waals surface area contributed by atoms with Crippen LogP contribution in [0.25, 0.3) is 0 Å². The molecule has 0 amide bonds. The Morgan fingerprint density at radius 2 is 2.00 bits per heavy atom. The van der Waals surface area contributed by atoms with Crippen LogP contribution in [0.2, 0.25) is 0 Å². The van der Waals surface area contributed by atoms with Gasteiger partial charge in [0.2, 0.25) is 0 Å². The van der Waals surface area contributed by atoms with Crippen molar-refractivity contribution < 1.29 is 22.7 Å². The highest BCUT2D eigenvalue weighted by Crippen LogP contribution is 2.19. The number of sulfone groups is 1. The fourth-order valence-corrected chi connectivity index (χ4v) is 3.10. The summed E-state index contributed by atoms with van der Waals surface area (Å²) >= 11 is 0. The van der Waals surface area contributed by atoms with E-state index in [9.17, 15) is 17.6 Å². The second kappa shape index (κ2) is 6.14. The molecule has 0 aliphatic carbocycles. The van der Waals surface area contributed by atoms with Gasteiger partial charge in [-0.15, -0.1) is 0 Å². The first-order chi connectivity index (χ1) is 8.74. The molecule has 1 N–H and O–H groups in total. The van der Waals surface area contributed by atoms with Gasteiger partial charge in [-0.3, -0.25) is 0 Å². The van der Waals surface area contributed by atoms with Crippen molar-refractivity contribution in [2.24, 2.45) is 5.92 Å². The van der Waals surface area contributed by atoms with E-state index in [0.29, 0.717) is 12.3 Å². The molecule has 0 unspecified atom stereocenters. The van der Waals surface area contributed by atoms with Gasteiger partial charge < -0.3 is 5.11 Å². The van der Waals surface area contributed by atoms with Gasteiger partial charge in [0.05, 0.1) is 11.3 Å². The van der Waals surface area contributed by atoms with Crippen molar-refractivity contribution in [1.29, 1.82) is 0 Å². The van der Waals surface area contributed by atoms with Crippen LogP contribution in [-0.4, -0.2) is 25.2 Å². The van der Waals surface area contributed by atoms with Crippen molar-refractivity contribution in [2.75, 3.05) is 5.75 Å². The lowest BCUT2D eigenvalue weighted by Crippen LogP contribution is -2.11. The summed E-state index contributed by atoms with van der Waals surface area (Å²) in [6.45, 7) is 3.94. The summed E-state index contributed by atoms with van der Waals surface area (Å²) in [7, 11) is -3.78. The largest absolute Gasteiger partial charge is 0.478 e. The molecule has 19 heavy (non-hydrogen) atoms. The Balaban J connectivity index is 3.00. The quantitative estimate of drug-likeness (QED) is 0.873. The molecule has 6 heteroatoms. The summed E-state index contributed by atoms with van der Waals surface area (Å²) in [6.07, 6.45) is 1.15. The zero-order chi connectivity index (χ0) is 14.6.